The quantitative estimate of drug-likeness (QED) is 0.833. The fourth-order valence-corrected chi connectivity index (χ4v) is 2.05. The fourth-order valence-electron chi connectivity index (χ4n) is 1.17. The average molecular weight is 221 g/mol. The maximum Gasteiger partial charge on any atom is 0.365 e. The van der Waals surface area contributed by atoms with E-state index in [4.69, 9.17) is 5.11 Å². The molecule has 1 N–H and O–H groups in total. The molecule has 0 aliphatic rings. The van der Waals surface area contributed by atoms with E-state index in [1.807, 2.05) is 0 Å². The van der Waals surface area contributed by atoms with Crippen molar-refractivity contribution in [1.29, 1.82) is 0 Å². The summed E-state index contributed by atoms with van der Waals surface area (Å²) in [6.07, 6.45) is 4.70. The highest BCUT2D eigenvalue weighted by Gasteiger charge is 2.14. The van der Waals surface area contributed by atoms with Crippen LogP contribution in [-0.4, -0.2) is 26.0 Å². The number of aryl methyl sites for hydroxylation is 1. The molecular formula is C9H7N3O2S. The summed E-state index contributed by atoms with van der Waals surface area (Å²) < 4.78 is 0. The van der Waals surface area contributed by atoms with Gasteiger partial charge in [-0.2, -0.15) is 0 Å². The molecule has 2 aromatic heterocycles. The predicted octanol–water partition coefficient (Wildman–Crippen LogP) is 1.61. The van der Waals surface area contributed by atoms with Gasteiger partial charge >= 0.3 is 5.97 Å². The predicted molar refractivity (Wildman–Crippen MR) is 54.8 cm³/mol. The minimum atomic E-state index is -1.01. The molecule has 0 radical (unpaired) electrons. The Hall–Kier alpha value is -1.82. The number of rotatable bonds is 2. The van der Waals surface area contributed by atoms with E-state index in [0.717, 1.165) is 21.8 Å². The summed E-state index contributed by atoms with van der Waals surface area (Å²) in [5.74, 6) is -1.01. The lowest BCUT2D eigenvalue weighted by molar-refractivity contribution is 0.0696. The van der Waals surface area contributed by atoms with Gasteiger partial charge in [0.25, 0.3) is 0 Å². The van der Waals surface area contributed by atoms with Gasteiger partial charge in [-0.05, 0) is 6.92 Å². The Balaban J connectivity index is 2.50. The van der Waals surface area contributed by atoms with Crippen LogP contribution in [0.3, 0.4) is 0 Å². The maximum atomic E-state index is 10.7. The van der Waals surface area contributed by atoms with E-state index >= 15 is 0 Å². The highest BCUT2D eigenvalue weighted by Crippen LogP contribution is 2.28. The molecule has 0 amide bonds. The Kier molecular flexibility index (Phi) is 2.42. The van der Waals surface area contributed by atoms with E-state index in [1.165, 1.54) is 6.33 Å². The van der Waals surface area contributed by atoms with Gasteiger partial charge in [0.15, 0.2) is 0 Å². The lowest BCUT2D eigenvalue weighted by Gasteiger charge is -1.94. The number of thiazole rings is 1. The van der Waals surface area contributed by atoms with Gasteiger partial charge in [0.2, 0.25) is 5.01 Å². The third-order valence-electron chi connectivity index (χ3n) is 1.80. The summed E-state index contributed by atoms with van der Waals surface area (Å²) in [6, 6.07) is 0. The molecule has 0 aliphatic heterocycles. The van der Waals surface area contributed by atoms with Crippen molar-refractivity contribution in [3.63, 3.8) is 0 Å². The van der Waals surface area contributed by atoms with Gasteiger partial charge < -0.3 is 5.11 Å². The summed E-state index contributed by atoms with van der Waals surface area (Å²) >= 11 is 1.13. The lowest BCUT2D eigenvalue weighted by atomic mass is 10.2. The molecule has 2 rings (SSSR count). The van der Waals surface area contributed by atoms with Gasteiger partial charge in [0, 0.05) is 18.0 Å². The van der Waals surface area contributed by atoms with Crippen LogP contribution in [0.15, 0.2) is 18.7 Å². The summed E-state index contributed by atoms with van der Waals surface area (Å²) in [5.41, 5.74) is 1.48. The van der Waals surface area contributed by atoms with E-state index < -0.39 is 5.97 Å². The summed E-state index contributed by atoms with van der Waals surface area (Å²) in [5, 5.41) is 8.88. The molecule has 5 nitrogen and oxygen atoms in total. The summed E-state index contributed by atoms with van der Waals surface area (Å²) in [7, 11) is 0. The monoisotopic (exact) mass is 221 g/mol. The van der Waals surface area contributed by atoms with Crippen molar-refractivity contribution in [1.82, 2.24) is 15.0 Å². The number of aromatic nitrogens is 3. The lowest BCUT2D eigenvalue weighted by Crippen LogP contribution is -1.93. The standard InChI is InChI=1S/C9H7N3O2S/c1-5-7(6-2-10-4-11-3-6)15-8(12-5)9(13)14/h2-4H,1H3,(H,13,14). The minimum Gasteiger partial charge on any atom is -0.476 e. The molecule has 0 aromatic carbocycles. The molecule has 0 saturated carbocycles. The number of carbonyl (C=O) groups is 1. The first-order valence-corrected chi connectivity index (χ1v) is 4.96. The molecule has 0 atom stereocenters. The van der Waals surface area contributed by atoms with Crippen molar-refractivity contribution < 1.29 is 9.90 Å². The Morgan fingerprint density at radius 2 is 2.07 bits per heavy atom. The molecule has 2 heterocycles. The number of aromatic carboxylic acids is 1. The van der Waals surface area contributed by atoms with Crippen molar-refractivity contribution >= 4 is 17.3 Å². The van der Waals surface area contributed by atoms with E-state index in [2.05, 4.69) is 15.0 Å². The second-order valence-electron chi connectivity index (χ2n) is 2.87. The third kappa shape index (κ3) is 1.84. The average Bonchev–Trinajstić information content (AvgIpc) is 2.62. The van der Waals surface area contributed by atoms with Crippen molar-refractivity contribution in [3.8, 4) is 10.4 Å². The zero-order valence-corrected chi connectivity index (χ0v) is 8.65. The first-order chi connectivity index (χ1) is 7.18. The SMILES string of the molecule is Cc1nc(C(=O)O)sc1-c1cncnc1. The Labute approximate surface area is 89.5 Å². The number of carboxylic acids is 1. The smallest absolute Gasteiger partial charge is 0.365 e. The Morgan fingerprint density at radius 1 is 1.40 bits per heavy atom. The molecule has 0 bridgehead atoms. The van der Waals surface area contributed by atoms with Crippen LogP contribution < -0.4 is 0 Å². The summed E-state index contributed by atoms with van der Waals surface area (Å²) in [4.78, 5) is 23.2. The van der Waals surface area contributed by atoms with Gasteiger partial charge in [0.05, 0.1) is 10.6 Å². The molecule has 0 aliphatic carbocycles. The molecular weight excluding hydrogens is 214 g/mol. The van der Waals surface area contributed by atoms with Crippen LogP contribution in [0.2, 0.25) is 0 Å². The number of nitrogens with zero attached hydrogens (tertiary/aromatic N) is 3. The van der Waals surface area contributed by atoms with E-state index in [9.17, 15) is 4.79 Å². The van der Waals surface area contributed by atoms with Gasteiger partial charge in [-0.15, -0.1) is 11.3 Å². The van der Waals surface area contributed by atoms with Crippen LogP contribution in [0.5, 0.6) is 0 Å². The van der Waals surface area contributed by atoms with Gasteiger partial charge in [-0.3, -0.25) is 0 Å². The first kappa shape index (κ1) is 9.72. The van der Waals surface area contributed by atoms with Crippen molar-refractivity contribution in [2.24, 2.45) is 0 Å². The molecule has 6 heteroatoms. The van der Waals surface area contributed by atoms with Crippen LogP contribution in [0, 0.1) is 6.92 Å². The summed E-state index contributed by atoms with van der Waals surface area (Å²) in [6.45, 7) is 1.77. The fraction of sp³-hybridized carbons (Fsp3) is 0.111. The van der Waals surface area contributed by atoms with Crippen molar-refractivity contribution in [2.45, 2.75) is 6.92 Å². The highest BCUT2D eigenvalue weighted by atomic mass is 32.1. The number of hydrogen-bond acceptors (Lipinski definition) is 5. The van der Waals surface area contributed by atoms with Crippen LogP contribution in [0.4, 0.5) is 0 Å². The molecule has 15 heavy (non-hydrogen) atoms. The molecule has 0 unspecified atom stereocenters. The van der Waals surface area contributed by atoms with Crippen LogP contribution in [-0.2, 0) is 0 Å². The van der Waals surface area contributed by atoms with Crippen LogP contribution in [0.1, 0.15) is 15.5 Å². The van der Waals surface area contributed by atoms with Gasteiger partial charge in [-0.1, -0.05) is 0 Å². The molecule has 2 aromatic rings. The normalized spacial score (nSPS) is 10.2. The Bertz CT molecular complexity index is 495. The van der Waals surface area contributed by atoms with Crippen molar-refractivity contribution in [3.05, 3.63) is 29.4 Å². The number of carboxylic acid groups (broad SMARTS) is 1. The van der Waals surface area contributed by atoms with Crippen LogP contribution >= 0.6 is 11.3 Å². The molecule has 0 fully saturated rings. The first-order valence-electron chi connectivity index (χ1n) is 4.14. The van der Waals surface area contributed by atoms with E-state index in [-0.39, 0.29) is 5.01 Å². The maximum absolute atomic E-state index is 10.7. The molecule has 76 valence electrons. The number of hydrogen-bond donors (Lipinski definition) is 1. The highest BCUT2D eigenvalue weighted by molar-refractivity contribution is 7.17. The minimum absolute atomic E-state index is 0.0892. The topological polar surface area (TPSA) is 76.0 Å². The van der Waals surface area contributed by atoms with E-state index in [0.29, 0.717) is 5.69 Å². The Morgan fingerprint density at radius 3 is 2.60 bits per heavy atom. The molecule has 0 spiro atoms. The zero-order valence-electron chi connectivity index (χ0n) is 7.84. The molecule has 0 saturated heterocycles. The third-order valence-corrected chi connectivity index (χ3v) is 3.00. The zero-order chi connectivity index (χ0) is 10.8. The second-order valence-corrected chi connectivity index (χ2v) is 3.86. The van der Waals surface area contributed by atoms with Crippen molar-refractivity contribution in [2.75, 3.05) is 0 Å². The van der Waals surface area contributed by atoms with E-state index in [1.54, 1.807) is 19.3 Å². The largest absolute Gasteiger partial charge is 0.476 e. The second kappa shape index (κ2) is 3.74. The van der Waals surface area contributed by atoms with Crippen LogP contribution in [0.25, 0.3) is 10.4 Å². The van der Waals surface area contributed by atoms with Gasteiger partial charge in [-0.25, -0.2) is 19.7 Å². The van der Waals surface area contributed by atoms with Gasteiger partial charge in [0.1, 0.15) is 6.33 Å².